The number of rotatable bonds is 6. The largest absolute Gasteiger partial charge is 0.468 e. The third-order valence-electron chi connectivity index (χ3n) is 3.18. The fraction of sp³-hybridized carbons (Fsp3) is 0.667. The Hall–Kier alpha value is -0.880. The Bertz CT molecular complexity index is 431. The van der Waals surface area contributed by atoms with Gasteiger partial charge in [0, 0.05) is 18.8 Å². The Morgan fingerprint density at radius 2 is 2.44 bits per heavy atom. The van der Waals surface area contributed by atoms with E-state index in [1.54, 1.807) is 6.20 Å². The lowest BCUT2D eigenvalue weighted by Gasteiger charge is -2.28. The normalized spacial score (nSPS) is 18.4. The molecule has 0 radical (unpaired) electrons. The van der Waals surface area contributed by atoms with Crippen molar-refractivity contribution in [3.05, 3.63) is 16.9 Å². The first-order valence-corrected chi connectivity index (χ1v) is 6.87. The molecule has 100 valence electrons. The van der Waals surface area contributed by atoms with Crippen LogP contribution in [0.2, 0.25) is 0 Å². The van der Waals surface area contributed by atoms with Gasteiger partial charge in [-0.25, -0.2) is 0 Å². The lowest BCUT2D eigenvalue weighted by Crippen LogP contribution is -2.51. The number of carbonyl (C=O) groups is 1. The third kappa shape index (κ3) is 3.32. The summed E-state index contributed by atoms with van der Waals surface area (Å²) < 4.78 is 7.66. The predicted octanol–water partition coefficient (Wildman–Crippen LogP) is 1.72. The predicted molar refractivity (Wildman–Crippen MR) is 71.1 cm³/mol. The molecular formula is C12H18BrN3O2. The standard InChI is InChI=1S/C12H18BrN3O2/c1-12(11(17)18-2,15-10-3-4-10)5-6-16-8-9(13)7-14-16/h7-8,10,15H,3-6H2,1-2H3. The Labute approximate surface area is 115 Å². The summed E-state index contributed by atoms with van der Waals surface area (Å²) in [5, 5.41) is 7.56. The highest BCUT2D eigenvalue weighted by atomic mass is 79.9. The van der Waals surface area contributed by atoms with Gasteiger partial charge in [0.25, 0.3) is 0 Å². The van der Waals surface area contributed by atoms with E-state index in [0.717, 1.165) is 17.3 Å². The van der Waals surface area contributed by atoms with Crippen LogP contribution in [0.15, 0.2) is 16.9 Å². The van der Waals surface area contributed by atoms with Gasteiger partial charge in [0.2, 0.25) is 0 Å². The second kappa shape index (κ2) is 5.40. The highest BCUT2D eigenvalue weighted by molar-refractivity contribution is 9.10. The average molecular weight is 316 g/mol. The number of aryl methyl sites for hydroxylation is 1. The summed E-state index contributed by atoms with van der Waals surface area (Å²) >= 11 is 3.35. The highest BCUT2D eigenvalue weighted by Crippen LogP contribution is 2.25. The van der Waals surface area contributed by atoms with Crippen LogP contribution in [-0.2, 0) is 16.1 Å². The van der Waals surface area contributed by atoms with Gasteiger partial charge in [-0.1, -0.05) is 0 Å². The molecule has 1 fully saturated rings. The minimum Gasteiger partial charge on any atom is -0.468 e. The van der Waals surface area contributed by atoms with E-state index in [2.05, 4.69) is 26.3 Å². The molecule has 1 unspecified atom stereocenters. The molecule has 1 aromatic heterocycles. The van der Waals surface area contributed by atoms with E-state index >= 15 is 0 Å². The number of ether oxygens (including phenoxy) is 1. The third-order valence-corrected chi connectivity index (χ3v) is 3.59. The van der Waals surface area contributed by atoms with Crippen molar-refractivity contribution in [3.8, 4) is 0 Å². The zero-order valence-electron chi connectivity index (χ0n) is 10.6. The molecule has 5 nitrogen and oxygen atoms in total. The van der Waals surface area contributed by atoms with Crippen molar-refractivity contribution in [1.29, 1.82) is 0 Å². The number of nitrogens with one attached hydrogen (secondary N) is 1. The molecule has 0 spiro atoms. The van der Waals surface area contributed by atoms with Crippen molar-refractivity contribution in [2.45, 2.75) is 44.3 Å². The highest BCUT2D eigenvalue weighted by Gasteiger charge is 2.39. The molecule has 0 aromatic carbocycles. The Morgan fingerprint density at radius 3 is 2.94 bits per heavy atom. The van der Waals surface area contributed by atoms with Crippen LogP contribution in [0.1, 0.15) is 26.2 Å². The molecule has 1 atom stereocenters. The number of halogens is 1. The first-order valence-electron chi connectivity index (χ1n) is 6.07. The topological polar surface area (TPSA) is 56.2 Å². The fourth-order valence-corrected chi connectivity index (χ4v) is 2.26. The van der Waals surface area contributed by atoms with Crippen LogP contribution in [0.5, 0.6) is 0 Å². The molecule has 1 aliphatic rings. The molecule has 1 N–H and O–H groups in total. The van der Waals surface area contributed by atoms with Gasteiger partial charge in [-0.2, -0.15) is 5.10 Å². The molecular weight excluding hydrogens is 298 g/mol. The summed E-state index contributed by atoms with van der Waals surface area (Å²) in [6.45, 7) is 2.58. The van der Waals surface area contributed by atoms with Gasteiger partial charge >= 0.3 is 5.97 Å². The summed E-state index contributed by atoms with van der Waals surface area (Å²) in [5.41, 5.74) is -0.631. The molecule has 0 bridgehead atoms. The summed E-state index contributed by atoms with van der Waals surface area (Å²) in [6, 6.07) is 0.457. The Morgan fingerprint density at radius 1 is 1.72 bits per heavy atom. The van der Waals surface area contributed by atoms with Gasteiger partial charge in [0.1, 0.15) is 5.54 Å². The van der Waals surface area contributed by atoms with Crippen molar-refractivity contribution in [1.82, 2.24) is 15.1 Å². The number of hydrogen-bond acceptors (Lipinski definition) is 4. The second-order valence-corrected chi connectivity index (χ2v) is 5.83. The van der Waals surface area contributed by atoms with Crippen LogP contribution < -0.4 is 5.32 Å². The molecule has 18 heavy (non-hydrogen) atoms. The molecule has 0 amide bonds. The molecule has 0 saturated heterocycles. The Balaban J connectivity index is 1.97. The van der Waals surface area contributed by atoms with Gasteiger partial charge in [-0.3, -0.25) is 14.8 Å². The van der Waals surface area contributed by atoms with E-state index in [1.165, 1.54) is 7.11 Å². The number of methoxy groups -OCH3 is 1. The van der Waals surface area contributed by atoms with Gasteiger partial charge in [-0.05, 0) is 42.1 Å². The Kier molecular flexibility index (Phi) is 4.07. The van der Waals surface area contributed by atoms with Crippen LogP contribution in [0.3, 0.4) is 0 Å². The molecule has 1 aliphatic carbocycles. The van der Waals surface area contributed by atoms with Gasteiger partial charge in [-0.15, -0.1) is 0 Å². The molecule has 6 heteroatoms. The summed E-state index contributed by atoms with van der Waals surface area (Å²) in [4.78, 5) is 11.9. The molecule has 0 aliphatic heterocycles. The van der Waals surface area contributed by atoms with Crippen molar-refractivity contribution in [2.24, 2.45) is 0 Å². The maximum absolute atomic E-state index is 11.9. The van der Waals surface area contributed by atoms with E-state index in [0.29, 0.717) is 19.0 Å². The first-order chi connectivity index (χ1) is 8.53. The first kappa shape index (κ1) is 13.5. The van der Waals surface area contributed by atoms with Crippen molar-refractivity contribution in [3.63, 3.8) is 0 Å². The maximum atomic E-state index is 11.9. The van der Waals surface area contributed by atoms with Crippen LogP contribution in [0, 0.1) is 0 Å². The van der Waals surface area contributed by atoms with Crippen LogP contribution in [0.25, 0.3) is 0 Å². The SMILES string of the molecule is COC(=O)C(C)(CCn1cc(Br)cn1)NC1CC1. The second-order valence-electron chi connectivity index (χ2n) is 4.91. The summed E-state index contributed by atoms with van der Waals surface area (Å²) in [7, 11) is 1.43. The zero-order valence-corrected chi connectivity index (χ0v) is 12.2. The quantitative estimate of drug-likeness (QED) is 0.812. The minimum absolute atomic E-state index is 0.208. The van der Waals surface area contributed by atoms with Crippen molar-refractivity contribution >= 4 is 21.9 Å². The van der Waals surface area contributed by atoms with E-state index < -0.39 is 5.54 Å². The van der Waals surface area contributed by atoms with E-state index in [1.807, 2.05) is 17.8 Å². The van der Waals surface area contributed by atoms with Crippen LogP contribution >= 0.6 is 15.9 Å². The number of carbonyl (C=O) groups excluding carboxylic acids is 1. The molecule has 1 aromatic rings. The number of nitrogens with zero attached hydrogens (tertiary/aromatic N) is 2. The zero-order chi connectivity index (χ0) is 13.2. The number of esters is 1. The molecule has 1 heterocycles. The smallest absolute Gasteiger partial charge is 0.325 e. The van der Waals surface area contributed by atoms with E-state index in [4.69, 9.17) is 4.74 Å². The van der Waals surface area contributed by atoms with Crippen LogP contribution in [-0.4, -0.2) is 34.4 Å². The van der Waals surface area contributed by atoms with E-state index in [9.17, 15) is 4.79 Å². The van der Waals surface area contributed by atoms with Gasteiger partial charge < -0.3 is 4.74 Å². The maximum Gasteiger partial charge on any atom is 0.325 e. The molecule has 2 rings (SSSR count). The van der Waals surface area contributed by atoms with Crippen molar-refractivity contribution < 1.29 is 9.53 Å². The monoisotopic (exact) mass is 315 g/mol. The average Bonchev–Trinajstić information content (AvgIpc) is 3.06. The van der Waals surface area contributed by atoms with Gasteiger partial charge in [0.15, 0.2) is 0 Å². The van der Waals surface area contributed by atoms with Gasteiger partial charge in [0.05, 0.1) is 17.8 Å². The number of hydrogen-bond donors (Lipinski definition) is 1. The van der Waals surface area contributed by atoms with Crippen molar-refractivity contribution in [2.75, 3.05) is 7.11 Å². The van der Waals surface area contributed by atoms with E-state index in [-0.39, 0.29) is 5.97 Å². The summed E-state index contributed by atoms with van der Waals surface area (Å²) in [5.74, 6) is -0.208. The number of aromatic nitrogens is 2. The fourth-order valence-electron chi connectivity index (χ4n) is 1.94. The lowest BCUT2D eigenvalue weighted by atomic mass is 9.97. The lowest BCUT2D eigenvalue weighted by molar-refractivity contribution is -0.148. The molecule has 1 saturated carbocycles. The minimum atomic E-state index is -0.631. The summed E-state index contributed by atoms with van der Waals surface area (Å²) in [6.07, 6.45) is 6.57. The van der Waals surface area contributed by atoms with Crippen LogP contribution in [0.4, 0.5) is 0 Å².